The zero-order valence-corrected chi connectivity index (χ0v) is 10.8. The number of ether oxygens (including phenoxy) is 1. The maximum Gasteiger partial charge on any atom is 0.269 e. The van der Waals surface area contributed by atoms with Crippen LogP contribution >= 0.6 is 23.2 Å². The number of halogens is 3. The Morgan fingerprint density at radius 3 is 2.32 bits per heavy atom. The van der Waals surface area contributed by atoms with E-state index in [1.54, 1.807) is 0 Å². The molecule has 2 aromatic carbocycles. The van der Waals surface area contributed by atoms with Crippen LogP contribution in [0.15, 0.2) is 36.4 Å². The third-order valence-electron chi connectivity index (χ3n) is 2.23. The van der Waals surface area contributed by atoms with Crippen molar-refractivity contribution in [1.29, 1.82) is 0 Å². The van der Waals surface area contributed by atoms with Gasteiger partial charge in [0, 0.05) is 17.2 Å². The van der Waals surface area contributed by atoms with Gasteiger partial charge in [-0.2, -0.15) is 0 Å². The van der Waals surface area contributed by atoms with E-state index in [2.05, 4.69) is 0 Å². The van der Waals surface area contributed by atoms with Crippen molar-refractivity contribution in [2.45, 2.75) is 0 Å². The minimum atomic E-state index is -0.712. The first kappa shape index (κ1) is 13.6. The van der Waals surface area contributed by atoms with E-state index in [4.69, 9.17) is 27.9 Å². The fourth-order valence-corrected chi connectivity index (χ4v) is 1.89. The highest BCUT2D eigenvalue weighted by Crippen LogP contribution is 2.34. The molecule has 0 saturated heterocycles. The first-order chi connectivity index (χ1) is 8.97. The molecule has 0 N–H and O–H groups in total. The summed E-state index contributed by atoms with van der Waals surface area (Å²) in [6.07, 6.45) is 0. The second-order valence-electron chi connectivity index (χ2n) is 3.55. The molecular formula is C12H6Cl2FNO3. The molecule has 0 bridgehead atoms. The third kappa shape index (κ3) is 3.13. The number of nitro benzene ring substituents is 1. The molecule has 2 rings (SSSR count). The monoisotopic (exact) mass is 301 g/mol. The number of hydrogen-bond acceptors (Lipinski definition) is 3. The Kier molecular flexibility index (Phi) is 3.87. The van der Waals surface area contributed by atoms with Crippen LogP contribution in [0.2, 0.25) is 10.0 Å². The molecule has 98 valence electrons. The van der Waals surface area contributed by atoms with Crippen LogP contribution in [-0.4, -0.2) is 4.92 Å². The lowest BCUT2D eigenvalue weighted by atomic mass is 10.3. The van der Waals surface area contributed by atoms with E-state index in [1.807, 2.05) is 0 Å². The molecule has 0 radical (unpaired) electrons. The Hall–Kier alpha value is -1.85. The Balaban J connectivity index is 2.29. The van der Waals surface area contributed by atoms with Gasteiger partial charge >= 0.3 is 0 Å². The second-order valence-corrected chi connectivity index (χ2v) is 4.40. The largest absolute Gasteiger partial charge is 0.453 e. The summed E-state index contributed by atoms with van der Waals surface area (Å²) in [4.78, 5) is 9.94. The smallest absolute Gasteiger partial charge is 0.269 e. The molecule has 0 atom stereocenters. The number of non-ortho nitro benzene ring substituents is 1. The van der Waals surface area contributed by atoms with E-state index in [1.165, 1.54) is 30.3 Å². The van der Waals surface area contributed by atoms with E-state index >= 15 is 0 Å². The quantitative estimate of drug-likeness (QED) is 0.602. The van der Waals surface area contributed by atoms with Gasteiger partial charge in [-0.1, -0.05) is 23.2 Å². The maximum atomic E-state index is 13.6. The predicted molar refractivity (Wildman–Crippen MR) is 69.6 cm³/mol. The fraction of sp³-hybridized carbons (Fsp3) is 0. The molecular weight excluding hydrogens is 296 g/mol. The number of rotatable bonds is 3. The molecule has 0 saturated carbocycles. The molecule has 2 aromatic rings. The molecule has 7 heteroatoms. The maximum absolute atomic E-state index is 13.6. The lowest BCUT2D eigenvalue weighted by Crippen LogP contribution is -1.91. The van der Waals surface area contributed by atoms with Gasteiger partial charge in [0.25, 0.3) is 5.69 Å². The van der Waals surface area contributed by atoms with E-state index < -0.39 is 10.7 Å². The first-order valence-corrected chi connectivity index (χ1v) is 5.80. The minimum absolute atomic E-state index is 0.0170. The van der Waals surface area contributed by atoms with Crippen molar-refractivity contribution in [3.05, 3.63) is 62.4 Å². The molecule has 0 heterocycles. The molecule has 0 aliphatic carbocycles. The molecule has 19 heavy (non-hydrogen) atoms. The van der Waals surface area contributed by atoms with Gasteiger partial charge in [0.1, 0.15) is 5.75 Å². The van der Waals surface area contributed by atoms with Gasteiger partial charge in [0.2, 0.25) is 0 Å². The Morgan fingerprint density at radius 2 is 1.79 bits per heavy atom. The normalized spacial score (nSPS) is 10.3. The molecule has 0 aliphatic heterocycles. The zero-order valence-electron chi connectivity index (χ0n) is 9.27. The molecule has 0 fully saturated rings. The van der Waals surface area contributed by atoms with Crippen molar-refractivity contribution < 1.29 is 14.1 Å². The van der Waals surface area contributed by atoms with Crippen LogP contribution in [0.4, 0.5) is 10.1 Å². The summed E-state index contributed by atoms with van der Waals surface area (Å²) in [5.74, 6) is -0.663. The lowest BCUT2D eigenvalue weighted by molar-refractivity contribution is -0.384. The van der Waals surface area contributed by atoms with E-state index in [0.29, 0.717) is 0 Å². The van der Waals surface area contributed by atoms with Crippen LogP contribution in [0.3, 0.4) is 0 Å². The highest BCUT2D eigenvalue weighted by atomic mass is 35.5. The van der Waals surface area contributed by atoms with Crippen LogP contribution in [0, 0.1) is 15.9 Å². The van der Waals surface area contributed by atoms with Crippen LogP contribution in [-0.2, 0) is 0 Å². The van der Waals surface area contributed by atoms with Crippen molar-refractivity contribution in [3.8, 4) is 11.5 Å². The summed E-state index contributed by atoms with van der Waals surface area (Å²) >= 11 is 11.4. The van der Waals surface area contributed by atoms with Crippen molar-refractivity contribution in [3.63, 3.8) is 0 Å². The topological polar surface area (TPSA) is 52.4 Å². The van der Waals surface area contributed by atoms with Gasteiger partial charge in [0.05, 0.1) is 9.95 Å². The van der Waals surface area contributed by atoms with Crippen LogP contribution in [0.5, 0.6) is 11.5 Å². The van der Waals surface area contributed by atoms with Gasteiger partial charge in [-0.25, -0.2) is 4.39 Å². The number of nitro groups is 1. The average Bonchev–Trinajstić information content (AvgIpc) is 2.34. The summed E-state index contributed by atoms with van der Waals surface area (Å²) in [6, 6.07) is 7.60. The van der Waals surface area contributed by atoms with Crippen molar-refractivity contribution in [1.82, 2.24) is 0 Å². The summed E-state index contributed by atoms with van der Waals surface area (Å²) in [7, 11) is 0. The minimum Gasteiger partial charge on any atom is -0.453 e. The Morgan fingerprint density at radius 1 is 1.16 bits per heavy atom. The third-order valence-corrected chi connectivity index (χ3v) is 2.73. The van der Waals surface area contributed by atoms with Gasteiger partial charge in [0.15, 0.2) is 11.6 Å². The molecule has 4 nitrogen and oxygen atoms in total. The number of benzene rings is 2. The van der Waals surface area contributed by atoms with Crippen molar-refractivity contribution in [2.24, 2.45) is 0 Å². The van der Waals surface area contributed by atoms with Crippen LogP contribution in [0.1, 0.15) is 0 Å². The molecule has 0 amide bonds. The van der Waals surface area contributed by atoms with Crippen LogP contribution in [0.25, 0.3) is 0 Å². The molecule has 0 spiro atoms. The van der Waals surface area contributed by atoms with Crippen molar-refractivity contribution in [2.75, 3.05) is 0 Å². The average molecular weight is 302 g/mol. The van der Waals surface area contributed by atoms with Gasteiger partial charge in [-0.05, 0) is 24.3 Å². The first-order valence-electron chi connectivity index (χ1n) is 5.04. The predicted octanol–water partition coefficient (Wildman–Crippen LogP) is 4.83. The van der Waals surface area contributed by atoms with Crippen molar-refractivity contribution >= 4 is 28.9 Å². The SMILES string of the molecule is O=[N+]([O-])c1ccc(Oc2c(F)cc(Cl)cc2Cl)cc1. The molecule has 0 aliphatic rings. The van der Waals surface area contributed by atoms with E-state index in [-0.39, 0.29) is 27.2 Å². The summed E-state index contributed by atoms with van der Waals surface area (Å²) in [6.45, 7) is 0. The molecule has 0 unspecified atom stereocenters. The van der Waals surface area contributed by atoms with E-state index in [9.17, 15) is 14.5 Å². The highest BCUT2D eigenvalue weighted by Gasteiger charge is 2.12. The fourth-order valence-electron chi connectivity index (χ4n) is 1.38. The summed E-state index contributed by atoms with van der Waals surface area (Å²) in [5, 5.41) is 10.7. The Labute approximate surface area is 117 Å². The number of nitrogens with zero attached hydrogens (tertiary/aromatic N) is 1. The standard InChI is InChI=1S/C12H6Cl2FNO3/c13-7-5-10(14)12(11(15)6-7)19-9-3-1-8(2-4-9)16(17)18/h1-6H. The van der Waals surface area contributed by atoms with Gasteiger partial charge in [-0.15, -0.1) is 0 Å². The zero-order chi connectivity index (χ0) is 14.0. The number of hydrogen-bond donors (Lipinski definition) is 0. The van der Waals surface area contributed by atoms with Gasteiger partial charge < -0.3 is 4.74 Å². The summed E-state index contributed by atoms with van der Waals surface area (Å²) < 4.78 is 18.8. The second kappa shape index (κ2) is 5.42. The highest BCUT2D eigenvalue weighted by molar-refractivity contribution is 6.35. The lowest BCUT2D eigenvalue weighted by Gasteiger charge is -2.08. The Bertz CT molecular complexity index is 608. The molecule has 0 aromatic heterocycles. The van der Waals surface area contributed by atoms with Gasteiger partial charge in [-0.3, -0.25) is 10.1 Å². The van der Waals surface area contributed by atoms with Crippen LogP contribution < -0.4 is 4.74 Å². The van der Waals surface area contributed by atoms with E-state index in [0.717, 1.165) is 6.07 Å². The summed E-state index contributed by atoms with van der Waals surface area (Å²) in [5.41, 5.74) is -0.0879.